The lowest BCUT2D eigenvalue weighted by Gasteiger charge is -2.22. The molecule has 0 saturated carbocycles. The number of benzene rings is 1. The number of aromatic nitrogens is 1. The second-order valence-corrected chi connectivity index (χ2v) is 6.86. The lowest BCUT2D eigenvalue weighted by Crippen LogP contribution is -2.34. The Morgan fingerprint density at radius 1 is 1.23 bits per heavy atom. The normalized spacial score (nSPS) is 12.0. The first-order chi connectivity index (χ1) is 12.5. The van der Waals surface area contributed by atoms with Crippen LogP contribution in [-0.4, -0.2) is 42.7 Å². The number of hydrogen-bond acceptors (Lipinski definition) is 4. The lowest BCUT2D eigenvalue weighted by molar-refractivity contribution is 0.0991. The summed E-state index contributed by atoms with van der Waals surface area (Å²) in [6, 6.07) is 13.4. The highest BCUT2D eigenvalue weighted by Gasteiger charge is 2.15. The van der Waals surface area contributed by atoms with E-state index in [0.717, 1.165) is 15.9 Å². The van der Waals surface area contributed by atoms with E-state index in [1.165, 1.54) is 0 Å². The molecule has 0 aliphatic carbocycles. The largest absolute Gasteiger partial charge is 0.445 e. The van der Waals surface area contributed by atoms with E-state index in [9.17, 15) is 4.79 Å². The van der Waals surface area contributed by atoms with Crippen LogP contribution in [0.3, 0.4) is 0 Å². The number of carbonyl (C=O) groups excluding carboxylic acids is 1. The summed E-state index contributed by atoms with van der Waals surface area (Å²) in [6.45, 7) is 2.92. The van der Waals surface area contributed by atoms with Gasteiger partial charge < -0.3 is 14.5 Å². The maximum absolute atomic E-state index is 12.2. The van der Waals surface area contributed by atoms with Crippen LogP contribution in [0.2, 0.25) is 0 Å². The van der Waals surface area contributed by atoms with Gasteiger partial charge in [-0.3, -0.25) is 0 Å². The van der Waals surface area contributed by atoms with Crippen LogP contribution < -0.4 is 4.90 Å². The average Bonchev–Trinajstić information content (AvgIpc) is 2.66. The summed E-state index contributed by atoms with van der Waals surface area (Å²) in [6.07, 6.45) is 5.43. The van der Waals surface area contributed by atoms with Crippen molar-refractivity contribution in [2.24, 2.45) is 0 Å². The van der Waals surface area contributed by atoms with Gasteiger partial charge in [-0.25, -0.2) is 9.78 Å². The third-order valence-electron chi connectivity index (χ3n) is 4.00. The summed E-state index contributed by atoms with van der Waals surface area (Å²) < 4.78 is 6.30. The van der Waals surface area contributed by atoms with Crippen LogP contribution >= 0.6 is 15.9 Å². The number of halogens is 1. The number of likely N-dealkylation sites (N-methyl/N-ethyl adjacent to an activating group) is 2. The summed E-state index contributed by atoms with van der Waals surface area (Å²) in [5.41, 5.74) is 0.972. The predicted octanol–water partition coefficient (Wildman–Crippen LogP) is 4.49. The molecule has 138 valence electrons. The van der Waals surface area contributed by atoms with Gasteiger partial charge in [-0.15, -0.1) is 0 Å². The van der Waals surface area contributed by atoms with Gasteiger partial charge in [0.1, 0.15) is 12.4 Å². The minimum Gasteiger partial charge on any atom is -0.445 e. The fraction of sp³-hybridized carbons (Fsp3) is 0.300. The van der Waals surface area contributed by atoms with E-state index < -0.39 is 0 Å². The van der Waals surface area contributed by atoms with E-state index in [-0.39, 0.29) is 18.7 Å². The molecule has 1 aromatic heterocycles. The van der Waals surface area contributed by atoms with Crippen molar-refractivity contribution in [2.45, 2.75) is 19.6 Å². The van der Waals surface area contributed by atoms with Crippen LogP contribution in [-0.2, 0) is 11.3 Å². The van der Waals surface area contributed by atoms with Gasteiger partial charge in [-0.05, 0) is 40.5 Å². The molecule has 1 aromatic carbocycles. The Labute approximate surface area is 163 Å². The van der Waals surface area contributed by atoms with Gasteiger partial charge in [0.15, 0.2) is 0 Å². The Morgan fingerprint density at radius 2 is 1.96 bits per heavy atom. The highest BCUT2D eigenvalue weighted by Crippen LogP contribution is 2.21. The number of nitrogens with zero attached hydrogens (tertiary/aromatic N) is 3. The van der Waals surface area contributed by atoms with E-state index in [4.69, 9.17) is 4.74 Å². The molecule has 5 nitrogen and oxygen atoms in total. The first-order valence-corrected chi connectivity index (χ1v) is 9.20. The molecule has 1 heterocycles. The fourth-order valence-electron chi connectivity index (χ4n) is 2.28. The van der Waals surface area contributed by atoms with Crippen molar-refractivity contribution in [2.75, 3.05) is 25.5 Å². The van der Waals surface area contributed by atoms with Gasteiger partial charge in [0.05, 0.1) is 10.5 Å². The molecular weight excluding hydrogens is 394 g/mol. The summed E-state index contributed by atoms with van der Waals surface area (Å²) >= 11 is 3.50. The van der Waals surface area contributed by atoms with Crippen molar-refractivity contribution in [1.82, 2.24) is 9.88 Å². The van der Waals surface area contributed by atoms with Crippen molar-refractivity contribution in [3.8, 4) is 0 Å². The van der Waals surface area contributed by atoms with Gasteiger partial charge in [-0.2, -0.15) is 0 Å². The molecule has 2 rings (SSSR count). The molecule has 0 saturated heterocycles. The highest BCUT2D eigenvalue weighted by molar-refractivity contribution is 9.10. The third kappa shape index (κ3) is 5.88. The molecule has 26 heavy (non-hydrogen) atoms. The molecular formula is C20H24BrN3O2. The minimum absolute atomic E-state index is 0.0705. The highest BCUT2D eigenvalue weighted by atomic mass is 79.9. The molecule has 0 spiro atoms. The van der Waals surface area contributed by atoms with E-state index in [2.05, 4.69) is 20.9 Å². The summed E-state index contributed by atoms with van der Waals surface area (Å²) in [5.74, 6) is 0.875. The topological polar surface area (TPSA) is 45.7 Å². The second kappa shape index (κ2) is 9.97. The van der Waals surface area contributed by atoms with E-state index in [1.807, 2.05) is 73.5 Å². The minimum atomic E-state index is -0.341. The van der Waals surface area contributed by atoms with Crippen LogP contribution in [0, 0.1) is 0 Å². The third-order valence-corrected chi connectivity index (χ3v) is 4.62. The quantitative estimate of drug-likeness (QED) is 0.622. The zero-order valence-electron chi connectivity index (χ0n) is 15.3. The van der Waals surface area contributed by atoms with Gasteiger partial charge in [0.2, 0.25) is 0 Å². The Bertz CT molecular complexity index is 737. The second-order valence-electron chi connectivity index (χ2n) is 6.01. The van der Waals surface area contributed by atoms with Crippen LogP contribution in [0.4, 0.5) is 10.6 Å². The van der Waals surface area contributed by atoms with Crippen molar-refractivity contribution in [3.05, 3.63) is 70.8 Å². The van der Waals surface area contributed by atoms with E-state index >= 15 is 0 Å². The Morgan fingerprint density at radius 3 is 2.65 bits per heavy atom. The number of ether oxygens (including phenoxy) is 1. The number of amides is 1. The van der Waals surface area contributed by atoms with Crippen LogP contribution in [0.1, 0.15) is 12.5 Å². The molecule has 0 aliphatic rings. The standard InChI is InChI=1S/C20H24BrN3O2/c1-16(9-8-14-23(2)19-18(21)12-7-13-22-19)24(3)20(25)26-15-17-10-5-4-6-11-17/h4-13,16H,14-15H2,1-3H3/b9-8+. The maximum Gasteiger partial charge on any atom is 0.410 e. The molecule has 0 bridgehead atoms. The number of carbonyl (C=O) groups is 1. The van der Waals surface area contributed by atoms with E-state index in [0.29, 0.717) is 6.54 Å². The lowest BCUT2D eigenvalue weighted by atomic mass is 10.2. The Kier molecular flexibility index (Phi) is 7.66. The predicted molar refractivity (Wildman–Crippen MR) is 108 cm³/mol. The molecule has 0 radical (unpaired) electrons. The number of anilines is 1. The van der Waals surface area contributed by atoms with Gasteiger partial charge in [-0.1, -0.05) is 42.5 Å². The van der Waals surface area contributed by atoms with Gasteiger partial charge in [0.25, 0.3) is 0 Å². The monoisotopic (exact) mass is 417 g/mol. The molecule has 0 N–H and O–H groups in total. The van der Waals surface area contributed by atoms with Gasteiger partial charge in [0, 0.05) is 26.8 Å². The Hall–Kier alpha value is -2.34. The smallest absolute Gasteiger partial charge is 0.410 e. The van der Waals surface area contributed by atoms with E-state index in [1.54, 1.807) is 18.1 Å². The van der Waals surface area contributed by atoms with Crippen molar-refractivity contribution in [3.63, 3.8) is 0 Å². The maximum atomic E-state index is 12.2. The molecule has 6 heteroatoms. The van der Waals surface area contributed by atoms with Crippen LogP contribution in [0.5, 0.6) is 0 Å². The fourth-order valence-corrected chi connectivity index (χ4v) is 2.83. The molecule has 0 fully saturated rings. The molecule has 2 aromatic rings. The first kappa shape index (κ1) is 20.0. The molecule has 0 aliphatic heterocycles. The van der Waals surface area contributed by atoms with Crippen molar-refractivity contribution in [1.29, 1.82) is 0 Å². The number of rotatable bonds is 7. The number of hydrogen-bond donors (Lipinski definition) is 0. The zero-order chi connectivity index (χ0) is 18.9. The van der Waals surface area contributed by atoms with Crippen LogP contribution in [0.15, 0.2) is 65.3 Å². The zero-order valence-corrected chi connectivity index (χ0v) is 16.9. The number of pyridine rings is 1. The van der Waals surface area contributed by atoms with Crippen LogP contribution in [0.25, 0.3) is 0 Å². The molecule has 1 amide bonds. The first-order valence-electron chi connectivity index (χ1n) is 8.41. The summed E-state index contributed by atoms with van der Waals surface area (Å²) in [5, 5.41) is 0. The Balaban J connectivity index is 1.81. The summed E-state index contributed by atoms with van der Waals surface area (Å²) in [7, 11) is 3.71. The van der Waals surface area contributed by atoms with Gasteiger partial charge >= 0.3 is 6.09 Å². The molecule has 1 atom stereocenters. The average molecular weight is 418 g/mol. The molecule has 1 unspecified atom stereocenters. The SMILES string of the molecule is CC(/C=C/CN(C)c1ncccc1Br)N(C)C(=O)OCc1ccccc1. The summed E-state index contributed by atoms with van der Waals surface area (Å²) in [4.78, 5) is 20.1. The van der Waals surface area contributed by atoms with Crippen molar-refractivity contribution < 1.29 is 9.53 Å². The van der Waals surface area contributed by atoms with Crippen molar-refractivity contribution >= 4 is 27.8 Å².